The summed E-state index contributed by atoms with van der Waals surface area (Å²) in [6.07, 6.45) is 10.1. The highest BCUT2D eigenvalue weighted by Crippen LogP contribution is 2.32. The Morgan fingerprint density at radius 3 is 2.86 bits per heavy atom. The number of allylic oxidation sites excluding steroid dienone is 2. The molecule has 2 aliphatic carbocycles. The van der Waals surface area contributed by atoms with Gasteiger partial charge in [-0.2, -0.15) is 0 Å². The van der Waals surface area contributed by atoms with Crippen molar-refractivity contribution in [3.63, 3.8) is 0 Å². The summed E-state index contributed by atoms with van der Waals surface area (Å²) >= 11 is 0. The average Bonchev–Trinajstić information content (AvgIpc) is 3.54. The molecule has 1 aliphatic heterocycles. The van der Waals surface area contributed by atoms with E-state index in [0.717, 1.165) is 56.3 Å². The Kier molecular flexibility index (Phi) is 5.88. The first-order chi connectivity index (χ1) is 14.0. The zero-order valence-electron chi connectivity index (χ0n) is 17.3. The number of hydrogen-bond donors (Lipinski definition) is 3. The third-order valence-corrected chi connectivity index (χ3v) is 6.14. The average molecular weight is 401 g/mol. The summed E-state index contributed by atoms with van der Waals surface area (Å²) in [6, 6.07) is 2.58. The highest BCUT2D eigenvalue weighted by molar-refractivity contribution is 5.43. The standard InChI is InChI=1S/C22H33FN6/c1-2-4-16-11-20(29-10-3-5-17(14-29)26-13-15-6-7-15)28-21(27-16)22(25)9-8-18(23)19(24)12-22/h8-9,11,15,17,26H,2-7,10,12-14,24-25H2,1H3. The van der Waals surface area contributed by atoms with Gasteiger partial charge < -0.3 is 21.7 Å². The quantitative estimate of drug-likeness (QED) is 0.652. The topological polar surface area (TPSA) is 93.1 Å². The number of piperidine rings is 1. The molecule has 0 aromatic carbocycles. The minimum absolute atomic E-state index is 0.156. The van der Waals surface area contributed by atoms with Gasteiger partial charge in [-0.05, 0) is 50.6 Å². The lowest BCUT2D eigenvalue weighted by molar-refractivity contribution is 0.413. The molecule has 158 valence electrons. The van der Waals surface area contributed by atoms with Crippen LogP contribution in [0.15, 0.2) is 29.7 Å². The molecule has 1 aromatic heterocycles. The zero-order chi connectivity index (χ0) is 20.4. The van der Waals surface area contributed by atoms with E-state index in [1.807, 2.05) is 0 Å². The molecular weight excluding hydrogens is 367 g/mol. The van der Waals surface area contributed by atoms with Crippen molar-refractivity contribution in [1.29, 1.82) is 0 Å². The largest absolute Gasteiger partial charge is 0.400 e. The smallest absolute Gasteiger partial charge is 0.155 e. The van der Waals surface area contributed by atoms with Gasteiger partial charge in [-0.1, -0.05) is 19.4 Å². The Morgan fingerprint density at radius 2 is 2.14 bits per heavy atom. The van der Waals surface area contributed by atoms with E-state index in [9.17, 15) is 4.39 Å². The number of rotatable bonds is 7. The number of halogens is 1. The van der Waals surface area contributed by atoms with Crippen LogP contribution in [0.5, 0.6) is 0 Å². The third-order valence-electron chi connectivity index (χ3n) is 6.14. The van der Waals surface area contributed by atoms with Crippen LogP contribution in [0.1, 0.15) is 57.0 Å². The van der Waals surface area contributed by atoms with Crippen molar-refractivity contribution < 1.29 is 4.39 Å². The van der Waals surface area contributed by atoms with Gasteiger partial charge >= 0.3 is 0 Å². The van der Waals surface area contributed by atoms with Gasteiger partial charge in [0.1, 0.15) is 17.2 Å². The predicted molar refractivity (Wildman–Crippen MR) is 114 cm³/mol. The van der Waals surface area contributed by atoms with Crippen LogP contribution in [0.2, 0.25) is 0 Å². The van der Waals surface area contributed by atoms with Crippen LogP contribution in [0.4, 0.5) is 10.2 Å². The molecule has 5 N–H and O–H groups in total. The number of nitrogens with zero attached hydrogens (tertiary/aromatic N) is 3. The number of aryl methyl sites for hydroxylation is 1. The number of aromatic nitrogens is 2. The van der Waals surface area contributed by atoms with Gasteiger partial charge in [0.15, 0.2) is 5.82 Å². The molecule has 2 unspecified atom stereocenters. The Bertz CT molecular complexity index is 802. The van der Waals surface area contributed by atoms with Crippen molar-refractivity contribution >= 4 is 5.82 Å². The molecule has 0 spiro atoms. The number of nitrogens with one attached hydrogen (secondary N) is 1. The number of nitrogens with two attached hydrogens (primary N) is 2. The van der Waals surface area contributed by atoms with Crippen LogP contribution in [0, 0.1) is 5.92 Å². The van der Waals surface area contributed by atoms with Crippen LogP contribution in [0.25, 0.3) is 0 Å². The SMILES string of the molecule is CCCc1cc(N2CCCC(NCC3CC3)C2)nc(C2(N)C=CC(F)=C(N)C2)n1. The lowest BCUT2D eigenvalue weighted by Gasteiger charge is -2.35. The van der Waals surface area contributed by atoms with E-state index >= 15 is 0 Å². The molecule has 1 saturated carbocycles. The van der Waals surface area contributed by atoms with Gasteiger partial charge in [0, 0.05) is 43.0 Å². The molecule has 4 rings (SSSR count). The molecule has 7 heteroatoms. The Morgan fingerprint density at radius 1 is 1.31 bits per heavy atom. The lowest BCUT2D eigenvalue weighted by Crippen LogP contribution is -2.47. The van der Waals surface area contributed by atoms with Crippen LogP contribution in [-0.4, -0.2) is 35.6 Å². The first-order valence-electron chi connectivity index (χ1n) is 11.0. The van der Waals surface area contributed by atoms with Gasteiger partial charge in [-0.15, -0.1) is 0 Å². The molecule has 1 aromatic rings. The summed E-state index contributed by atoms with van der Waals surface area (Å²) in [5.74, 6) is 1.90. The molecule has 6 nitrogen and oxygen atoms in total. The fourth-order valence-electron chi connectivity index (χ4n) is 4.19. The van der Waals surface area contributed by atoms with Crippen LogP contribution in [0.3, 0.4) is 0 Å². The lowest BCUT2D eigenvalue weighted by atomic mass is 9.89. The summed E-state index contributed by atoms with van der Waals surface area (Å²) in [7, 11) is 0. The minimum atomic E-state index is -0.975. The molecule has 2 fully saturated rings. The maximum atomic E-state index is 13.7. The van der Waals surface area contributed by atoms with Gasteiger partial charge in [0.25, 0.3) is 0 Å². The van der Waals surface area contributed by atoms with Crippen molar-refractivity contribution in [3.05, 3.63) is 41.3 Å². The maximum absolute atomic E-state index is 13.7. The van der Waals surface area contributed by atoms with Gasteiger partial charge in [0.2, 0.25) is 0 Å². The van der Waals surface area contributed by atoms with Gasteiger partial charge in [-0.3, -0.25) is 0 Å². The van der Waals surface area contributed by atoms with Gasteiger partial charge in [0.05, 0.1) is 0 Å². The minimum Gasteiger partial charge on any atom is -0.400 e. The second kappa shape index (κ2) is 8.40. The second-order valence-electron chi connectivity index (χ2n) is 8.85. The summed E-state index contributed by atoms with van der Waals surface area (Å²) in [5.41, 5.74) is 12.6. The highest BCUT2D eigenvalue weighted by Gasteiger charge is 2.34. The molecule has 0 bridgehead atoms. The van der Waals surface area contributed by atoms with Crippen LogP contribution >= 0.6 is 0 Å². The van der Waals surface area contributed by atoms with E-state index in [1.54, 1.807) is 6.08 Å². The Hall–Kier alpha value is -1.99. The summed E-state index contributed by atoms with van der Waals surface area (Å²) in [5, 5.41) is 3.73. The molecule has 2 atom stereocenters. The summed E-state index contributed by atoms with van der Waals surface area (Å²) in [6.45, 7) is 5.18. The predicted octanol–water partition coefficient (Wildman–Crippen LogP) is 2.65. The Balaban J connectivity index is 1.57. The first kappa shape index (κ1) is 20.3. The molecule has 3 aliphatic rings. The first-order valence-corrected chi connectivity index (χ1v) is 11.0. The van der Waals surface area contributed by atoms with Crippen molar-refractivity contribution in [1.82, 2.24) is 15.3 Å². The molecular formula is C22H33FN6. The molecule has 0 amide bonds. The van der Waals surface area contributed by atoms with Crippen molar-refractivity contribution in [2.24, 2.45) is 17.4 Å². The van der Waals surface area contributed by atoms with Crippen molar-refractivity contribution in [2.75, 3.05) is 24.5 Å². The van der Waals surface area contributed by atoms with E-state index in [-0.39, 0.29) is 12.1 Å². The number of hydrogen-bond acceptors (Lipinski definition) is 6. The zero-order valence-corrected chi connectivity index (χ0v) is 17.3. The van der Waals surface area contributed by atoms with Crippen LogP contribution < -0.4 is 21.7 Å². The second-order valence-corrected chi connectivity index (χ2v) is 8.85. The van der Waals surface area contributed by atoms with E-state index < -0.39 is 11.4 Å². The van der Waals surface area contributed by atoms with E-state index in [0.29, 0.717) is 11.9 Å². The number of anilines is 1. The molecule has 0 radical (unpaired) electrons. The maximum Gasteiger partial charge on any atom is 0.155 e. The third kappa shape index (κ3) is 4.78. The molecule has 2 heterocycles. The normalized spacial score (nSPS) is 27.6. The molecule has 29 heavy (non-hydrogen) atoms. The van der Waals surface area contributed by atoms with Gasteiger partial charge in [-0.25, -0.2) is 14.4 Å². The molecule has 1 saturated heterocycles. The van der Waals surface area contributed by atoms with E-state index in [4.69, 9.17) is 21.4 Å². The van der Waals surface area contributed by atoms with E-state index in [1.165, 1.54) is 25.3 Å². The van der Waals surface area contributed by atoms with Crippen molar-refractivity contribution in [3.8, 4) is 0 Å². The fourth-order valence-corrected chi connectivity index (χ4v) is 4.19. The highest BCUT2D eigenvalue weighted by atomic mass is 19.1. The van der Waals surface area contributed by atoms with Crippen molar-refractivity contribution in [2.45, 2.75) is 63.5 Å². The fraction of sp³-hybridized carbons (Fsp3) is 0.636. The van der Waals surface area contributed by atoms with E-state index in [2.05, 4.69) is 23.2 Å². The van der Waals surface area contributed by atoms with Crippen LogP contribution in [-0.2, 0) is 12.0 Å². The Labute approximate surface area is 172 Å². The monoisotopic (exact) mass is 400 g/mol. The summed E-state index contributed by atoms with van der Waals surface area (Å²) < 4.78 is 13.7. The summed E-state index contributed by atoms with van der Waals surface area (Å²) in [4.78, 5) is 11.9.